The minimum absolute atomic E-state index is 0.578. The van der Waals surface area contributed by atoms with Crippen molar-refractivity contribution in [1.29, 1.82) is 0 Å². The molecule has 0 saturated heterocycles. The first-order chi connectivity index (χ1) is 4.77. The lowest BCUT2D eigenvalue weighted by molar-refractivity contribution is 0.421. The number of ether oxygens (including phenoxy) is 1. The second kappa shape index (κ2) is 2.88. The van der Waals surface area contributed by atoms with Crippen LogP contribution in [0.4, 0.5) is 5.13 Å². The Morgan fingerprint density at radius 2 is 2.40 bits per heavy atom. The summed E-state index contributed by atoms with van der Waals surface area (Å²) in [7, 11) is 1.63. The van der Waals surface area contributed by atoms with Gasteiger partial charge in [0.2, 0.25) is 0 Å². The second-order valence-corrected chi connectivity index (χ2v) is 2.84. The second-order valence-electron chi connectivity index (χ2n) is 1.84. The number of hydrogen-bond acceptors (Lipinski definition) is 4. The number of nitrogens with two attached hydrogens (primary N) is 1. The molecule has 0 fully saturated rings. The number of rotatable bonds is 2. The summed E-state index contributed by atoms with van der Waals surface area (Å²) in [5, 5.41) is 1.41. The lowest BCUT2D eigenvalue weighted by atomic mass is 10.4. The van der Waals surface area contributed by atoms with Crippen LogP contribution in [-0.4, -0.2) is 12.1 Å². The molecule has 0 aliphatic rings. The summed E-state index contributed by atoms with van der Waals surface area (Å²) in [5.41, 5.74) is 6.41. The van der Waals surface area contributed by atoms with Gasteiger partial charge < -0.3 is 10.5 Å². The van der Waals surface area contributed by atoms with Crippen LogP contribution in [0.15, 0.2) is 0 Å². The van der Waals surface area contributed by atoms with E-state index < -0.39 is 0 Å². The molecule has 0 bridgehead atoms. The summed E-state index contributed by atoms with van der Waals surface area (Å²) in [6, 6.07) is 0. The highest BCUT2D eigenvalue weighted by molar-refractivity contribution is 7.17. The van der Waals surface area contributed by atoms with Crippen molar-refractivity contribution < 1.29 is 4.74 Å². The highest BCUT2D eigenvalue weighted by Crippen LogP contribution is 2.28. The van der Waals surface area contributed by atoms with Gasteiger partial charge in [0.15, 0.2) is 10.2 Å². The van der Waals surface area contributed by atoms with Crippen LogP contribution in [-0.2, 0) is 6.42 Å². The zero-order valence-electron chi connectivity index (χ0n) is 6.05. The molecule has 0 aliphatic carbocycles. The summed E-state index contributed by atoms with van der Waals surface area (Å²) in [5.74, 6) is 0. The zero-order chi connectivity index (χ0) is 7.56. The average Bonchev–Trinajstić information content (AvgIpc) is 2.30. The molecular weight excluding hydrogens is 148 g/mol. The predicted octanol–water partition coefficient (Wildman–Crippen LogP) is 1.30. The van der Waals surface area contributed by atoms with Gasteiger partial charge in [-0.15, -0.1) is 0 Å². The Labute approximate surface area is 63.8 Å². The van der Waals surface area contributed by atoms with Gasteiger partial charge in [0.05, 0.1) is 12.8 Å². The van der Waals surface area contributed by atoms with Gasteiger partial charge in [-0.05, 0) is 6.42 Å². The fourth-order valence-corrected chi connectivity index (χ4v) is 1.48. The van der Waals surface area contributed by atoms with Crippen molar-refractivity contribution in [2.45, 2.75) is 13.3 Å². The topological polar surface area (TPSA) is 48.1 Å². The molecule has 2 N–H and O–H groups in total. The van der Waals surface area contributed by atoms with Crippen LogP contribution in [0.25, 0.3) is 0 Å². The number of hydrogen-bond donors (Lipinski definition) is 1. The SMILES string of the molecule is CCc1nc(N)sc1OC. The van der Waals surface area contributed by atoms with E-state index in [1.807, 2.05) is 6.92 Å². The molecule has 0 unspecified atom stereocenters. The third kappa shape index (κ3) is 1.21. The van der Waals surface area contributed by atoms with Crippen molar-refractivity contribution in [2.24, 2.45) is 0 Å². The van der Waals surface area contributed by atoms with E-state index >= 15 is 0 Å². The molecule has 0 aromatic carbocycles. The standard InChI is InChI=1S/C6H10N2OS/c1-3-4-5(9-2)10-6(7)8-4/h3H2,1-2H3,(H2,7,8). The van der Waals surface area contributed by atoms with Crippen LogP contribution in [0.1, 0.15) is 12.6 Å². The van der Waals surface area contributed by atoms with Crippen molar-refractivity contribution >= 4 is 16.5 Å². The molecule has 0 spiro atoms. The first-order valence-electron chi connectivity index (χ1n) is 3.07. The minimum atomic E-state index is 0.578. The largest absolute Gasteiger partial charge is 0.486 e. The van der Waals surface area contributed by atoms with Crippen LogP contribution in [0.3, 0.4) is 0 Å². The van der Waals surface area contributed by atoms with Crippen LogP contribution in [0.5, 0.6) is 5.06 Å². The van der Waals surface area contributed by atoms with E-state index in [0.29, 0.717) is 5.13 Å². The monoisotopic (exact) mass is 158 g/mol. The molecule has 1 heterocycles. The van der Waals surface area contributed by atoms with Crippen molar-refractivity contribution in [3.05, 3.63) is 5.69 Å². The van der Waals surface area contributed by atoms with Gasteiger partial charge in [-0.3, -0.25) is 0 Å². The number of methoxy groups -OCH3 is 1. The van der Waals surface area contributed by atoms with Crippen molar-refractivity contribution in [3.8, 4) is 5.06 Å². The fraction of sp³-hybridized carbons (Fsp3) is 0.500. The number of thiazole rings is 1. The first-order valence-corrected chi connectivity index (χ1v) is 3.88. The molecule has 1 rings (SSSR count). The van der Waals surface area contributed by atoms with E-state index in [9.17, 15) is 0 Å². The predicted molar refractivity (Wildman–Crippen MR) is 42.5 cm³/mol. The Balaban J connectivity index is 2.96. The third-order valence-electron chi connectivity index (χ3n) is 1.20. The molecule has 0 radical (unpaired) electrons. The number of anilines is 1. The number of aromatic nitrogens is 1. The highest BCUT2D eigenvalue weighted by Gasteiger charge is 2.06. The smallest absolute Gasteiger partial charge is 0.198 e. The van der Waals surface area contributed by atoms with E-state index in [-0.39, 0.29) is 0 Å². The molecule has 0 atom stereocenters. The molecule has 4 heteroatoms. The van der Waals surface area contributed by atoms with Gasteiger partial charge in [0, 0.05) is 0 Å². The average molecular weight is 158 g/mol. The molecule has 1 aromatic rings. The Hall–Kier alpha value is -0.770. The maximum Gasteiger partial charge on any atom is 0.198 e. The summed E-state index contributed by atoms with van der Waals surface area (Å²) in [6.45, 7) is 2.02. The first kappa shape index (κ1) is 7.34. The summed E-state index contributed by atoms with van der Waals surface area (Å²) >= 11 is 1.38. The molecule has 0 aliphatic heterocycles. The molecule has 0 saturated carbocycles. The van der Waals surface area contributed by atoms with Crippen molar-refractivity contribution in [3.63, 3.8) is 0 Å². The van der Waals surface area contributed by atoms with Gasteiger partial charge in [-0.1, -0.05) is 18.3 Å². The van der Waals surface area contributed by atoms with Gasteiger partial charge >= 0.3 is 0 Å². The summed E-state index contributed by atoms with van der Waals surface area (Å²) in [4.78, 5) is 4.07. The Bertz CT molecular complexity index is 200. The van der Waals surface area contributed by atoms with E-state index in [2.05, 4.69) is 4.98 Å². The lowest BCUT2D eigenvalue weighted by Gasteiger charge is -1.93. The van der Waals surface area contributed by atoms with Gasteiger partial charge in [-0.2, -0.15) is 0 Å². The minimum Gasteiger partial charge on any atom is -0.486 e. The molecule has 1 aromatic heterocycles. The van der Waals surface area contributed by atoms with E-state index in [1.165, 1.54) is 11.3 Å². The zero-order valence-corrected chi connectivity index (χ0v) is 6.86. The maximum absolute atomic E-state index is 5.46. The van der Waals surface area contributed by atoms with Gasteiger partial charge in [0.1, 0.15) is 0 Å². The van der Waals surface area contributed by atoms with Crippen molar-refractivity contribution in [2.75, 3.05) is 12.8 Å². The Morgan fingerprint density at radius 1 is 1.70 bits per heavy atom. The maximum atomic E-state index is 5.46. The van der Waals surface area contributed by atoms with Crippen LogP contribution < -0.4 is 10.5 Å². The lowest BCUT2D eigenvalue weighted by Crippen LogP contribution is -1.87. The molecule has 56 valence electrons. The Kier molecular flexibility index (Phi) is 2.11. The van der Waals surface area contributed by atoms with E-state index in [1.54, 1.807) is 7.11 Å². The number of aryl methyl sites for hydroxylation is 1. The number of nitrogens with zero attached hydrogens (tertiary/aromatic N) is 1. The van der Waals surface area contributed by atoms with Gasteiger partial charge in [-0.25, -0.2) is 4.98 Å². The molecule has 10 heavy (non-hydrogen) atoms. The quantitative estimate of drug-likeness (QED) is 0.705. The van der Waals surface area contributed by atoms with Gasteiger partial charge in [0.25, 0.3) is 0 Å². The summed E-state index contributed by atoms with van der Waals surface area (Å²) in [6.07, 6.45) is 0.872. The van der Waals surface area contributed by atoms with Crippen LogP contribution in [0, 0.1) is 0 Å². The van der Waals surface area contributed by atoms with Crippen LogP contribution in [0.2, 0.25) is 0 Å². The third-order valence-corrected chi connectivity index (χ3v) is 2.09. The molecular formula is C6H10N2OS. The fourth-order valence-electron chi connectivity index (χ4n) is 0.738. The number of nitrogen functional groups attached to an aromatic ring is 1. The summed E-state index contributed by atoms with van der Waals surface area (Å²) < 4.78 is 5.03. The van der Waals surface area contributed by atoms with E-state index in [0.717, 1.165) is 17.2 Å². The Morgan fingerprint density at radius 3 is 2.80 bits per heavy atom. The van der Waals surface area contributed by atoms with Crippen LogP contribution >= 0.6 is 11.3 Å². The molecule has 0 amide bonds. The van der Waals surface area contributed by atoms with E-state index in [4.69, 9.17) is 10.5 Å². The normalized spacial score (nSPS) is 9.80. The highest BCUT2D eigenvalue weighted by atomic mass is 32.1. The van der Waals surface area contributed by atoms with Crippen molar-refractivity contribution in [1.82, 2.24) is 4.98 Å². The molecule has 3 nitrogen and oxygen atoms in total.